The summed E-state index contributed by atoms with van der Waals surface area (Å²) in [5.41, 5.74) is 3.29. The molecule has 0 saturated carbocycles. The number of hydrogen-bond donors (Lipinski definition) is 1. The number of methoxy groups -OCH3 is 1. The Balaban J connectivity index is 2.04. The second-order valence-corrected chi connectivity index (χ2v) is 6.02. The van der Waals surface area contributed by atoms with Crippen molar-refractivity contribution in [2.75, 3.05) is 12.4 Å². The Hall–Kier alpha value is -3.47. The number of nitrogens with zero attached hydrogens (tertiary/aromatic N) is 2. The average Bonchev–Trinajstić information content (AvgIpc) is 2.68. The van der Waals surface area contributed by atoms with E-state index in [-0.39, 0.29) is 0 Å². The zero-order chi connectivity index (χ0) is 18.1. The summed E-state index contributed by atoms with van der Waals surface area (Å²) in [6.45, 7) is 2.03. The van der Waals surface area contributed by atoms with Crippen LogP contribution in [0.25, 0.3) is 21.7 Å². The maximum atomic E-state index is 12.3. The molecule has 1 N–H and O–H groups in total. The topological polar surface area (TPSA) is 64.1 Å². The van der Waals surface area contributed by atoms with Crippen molar-refractivity contribution in [3.05, 3.63) is 72.1 Å². The predicted molar refractivity (Wildman–Crippen MR) is 103 cm³/mol. The van der Waals surface area contributed by atoms with Crippen LogP contribution in [-0.2, 0) is 4.74 Å². The third-order valence-electron chi connectivity index (χ3n) is 4.41. The number of ether oxygens (including phenoxy) is 1. The molecule has 0 unspecified atom stereocenters. The van der Waals surface area contributed by atoms with E-state index in [1.807, 2.05) is 55.5 Å². The van der Waals surface area contributed by atoms with Gasteiger partial charge in [0.25, 0.3) is 0 Å². The van der Waals surface area contributed by atoms with Gasteiger partial charge in [-0.05, 0) is 24.6 Å². The smallest absolute Gasteiger partial charge is 0.340 e. The molecule has 0 radical (unpaired) electrons. The van der Waals surface area contributed by atoms with Crippen LogP contribution in [0, 0.1) is 6.92 Å². The summed E-state index contributed by atoms with van der Waals surface area (Å²) in [4.78, 5) is 21.3. The molecule has 26 heavy (non-hydrogen) atoms. The molecule has 0 amide bonds. The Morgan fingerprint density at radius 1 is 1.00 bits per heavy atom. The van der Waals surface area contributed by atoms with Crippen molar-refractivity contribution in [2.24, 2.45) is 0 Å². The van der Waals surface area contributed by atoms with E-state index in [2.05, 4.69) is 10.3 Å². The normalized spacial score (nSPS) is 10.8. The van der Waals surface area contributed by atoms with Crippen molar-refractivity contribution < 1.29 is 9.53 Å². The highest BCUT2D eigenvalue weighted by Gasteiger charge is 2.17. The second-order valence-electron chi connectivity index (χ2n) is 6.02. The van der Waals surface area contributed by atoms with Crippen molar-refractivity contribution in [2.45, 2.75) is 6.92 Å². The number of aromatic nitrogens is 2. The van der Waals surface area contributed by atoms with Crippen molar-refractivity contribution in [1.82, 2.24) is 9.97 Å². The number of carbonyl (C=O) groups excluding carboxylic acids is 1. The van der Waals surface area contributed by atoms with Gasteiger partial charge in [0.2, 0.25) is 0 Å². The first kappa shape index (κ1) is 16.0. The predicted octanol–water partition coefficient (Wildman–Crippen LogP) is 4.62. The Bertz CT molecular complexity index is 1140. The maximum absolute atomic E-state index is 12.3. The highest BCUT2D eigenvalue weighted by molar-refractivity contribution is 6.18. The number of pyridine rings is 2. The zero-order valence-electron chi connectivity index (χ0n) is 14.5. The molecular formula is C21H17N3O2. The molecule has 4 rings (SSSR count). The van der Waals surface area contributed by atoms with Gasteiger partial charge in [-0.25, -0.2) is 9.78 Å². The molecule has 2 aromatic heterocycles. The number of rotatable bonds is 3. The van der Waals surface area contributed by atoms with Gasteiger partial charge in [-0.3, -0.25) is 4.98 Å². The van der Waals surface area contributed by atoms with Gasteiger partial charge in [-0.1, -0.05) is 36.4 Å². The first-order valence-electron chi connectivity index (χ1n) is 8.26. The minimum atomic E-state index is -0.415. The number of fused-ring (bicyclic) bond motifs is 3. The molecule has 128 valence electrons. The van der Waals surface area contributed by atoms with Crippen LogP contribution in [0.2, 0.25) is 0 Å². The fourth-order valence-corrected chi connectivity index (χ4v) is 3.09. The maximum Gasteiger partial charge on any atom is 0.340 e. The van der Waals surface area contributed by atoms with Gasteiger partial charge < -0.3 is 10.1 Å². The van der Waals surface area contributed by atoms with Gasteiger partial charge in [0.1, 0.15) is 5.82 Å². The summed E-state index contributed by atoms with van der Waals surface area (Å²) < 4.78 is 4.95. The molecule has 2 aromatic carbocycles. The largest absolute Gasteiger partial charge is 0.465 e. The Kier molecular flexibility index (Phi) is 3.97. The molecule has 0 atom stereocenters. The number of nitrogens with one attached hydrogen (secondary N) is 1. The number of aryl methyl sites for hydroxylation is 1. The second kappa shape index (κ2) is 6.44. The van der Waals surface area contributed by atoms with Crippen LogP contribution in [0.4, 0.5) is 11.5 Å². The molecule has 0 aliphatic heterocycles. The standard InChI is InChI=1S/C21H17N3O2/c1-13-7-3-5-9-17(13)23-20-15-11-22-12-16(21(25)26-2)19(15)14-8-4-6-10-18(14)24-20/h3-12H,1-2H3,(H,23,24). The lowest BCUT2D eigenvalue weighted by molar-refractivity contribution is 0.0602. The van der Waals surface area contributed by atoms with Gasteiger partial charge in [0.15, 0.2) is 0 Å². The van der Waals surface area contributed by atoms with Crippen LogP contribution in [-0.4, -0.2) is 23.0 Å². The van der Waals surface area contributed by atoms with Crippen LogP contribution >= 0.6 is 0 Å². The molecule has 4 aromatic rings. The highest BCUT2D eigenvalue weighted by atomic mass is 16.5. The van der Waals surface area contributed by atoms with E-state index < -0.39 is 5.97 Å². The summed E-state index contributed by atoms with van der Waals surface area (Å²) in [6, 6.07) is 15.7. The summed E-state index contributed by atoms with van der Waals surface area (Å²) in [7, 11) is 1.37. The highest BCUT2D eigenvalue weighted by Crippen LogP contribution is 2.33. The molecule has 0 spiro atoms. The van der Waals surface area contributed by atoms with Crippen molar-refractivity contribution >= 4 is 39.1 Å². The zero-order valence-corrected chi connectivity index (χ0v) is 14.5. The van der Waals surface area contributed by atoms with E-state index in [1.54, 1.807) is 6.20 Å². The van der Waals surface area contributed by atoms with Crippen LogP contribution in [0.1, 0.15) is 15.9 Å². The molecule has 5 nitrogen and oxygen atoms in total. The summed E-state index contributed by atoms with van der Waals surface area (Å²) >= 11 is 0. The SMILES string of the molecule is COC(=O)c1cncc2c(Nc3ccccc3C)nc3ccccc3c12. The molecule has 0 aliphatic rings. The van der Waals surface area contributed by atoms with Crippen LogP contribution < -0.4 is 5.32 Å². The number of anilines is 2. The van der Waals surface area contributed by atoms with Gasteiger partial charge in [-0.2, -0.15) is 0 Å². The Morgan fingerprint density at radius 2 is 1.77 bits per heavy atom. The van der Waals surface area contributed by atoms with Crippen LogP contribution in [0.5, 0.6) is 0 Å². The van der Waals surface area contributed by atoms with E-state index in [0.717, 1.165) is 32.9 Å². The number of esters is 1. The lowest BCUT2D eigenvalue weighted by atomic mass is 10.0. The third-order valence-corrected chi connectivity index (χ3v) is 4.41. The fraction of sp³-hybridized carbons (Fsp3) is 0.0952. The lowest BCUT2D eigenvalue weighted by Gasteiger charge is -2.14. The third kappa shape index (κ3) is 2.63. The number of para-hydroxylation sites is 2. The number of hydrogen-bond acceptors (Lipinski definition) is 5. The molecule has 0 fully saturated rings. The van der Waals surface area contributed by atoms with E-state index in [9.17, 15) is 4.79 Å². The quantitative estimate of drug-likeness (QED) is 0.434. The van der Waals surface area contributed by atoms with Crippen molar-refractivity contribution in [3.63, 3.8) is 0 Å². The van der Waals surface area contributed by atoms with Crippen molar-refractivity contribution in [1.29, 1.82) is 0 Å². The van der Waals surface area contributed by atoms with E-state index in [4.69, 9.17) is 9.72 Å². The Morgan fingerprint density at radius 3 is 2.58 bits per heavy atom. The molecule has 2 heterocycles. The van der Waals surface area contributed by atoms with Gasteiger partial charge in [0.05, 0.1) is 18.2 Å². The lowest BCUT2D eigenvalue weighted by Crippen LogP contribution is -2.05. The fourth-order valence-electron chi connectivity index (χ4n) is 3.09. The van der Waals surface area contributed by atoms with Crippen LogP contribution in [0.3, 0.4) is 0 Å². The van der Waals surface area contributed by atoms with Gasteiger partial charge in [0, 0.05) is 34.2 Å². The summed E-state index contributed by atoms with van der Waals surface area (Å²) in [5, 5.41) is 5.84. The van der Waals surface area contributed by atoms with E-state index in [0.29, 0.717) is 11.4 Å². The first-order chi connectivity index (χ1) is 12.7. The molecule has 0 bridgehead atoms. The minimum Gasteiger partial charge on any atom is -0.465 e. The molecular weight excluding hydrogens is 326 g/mol. The summed E-state index contributed by atoms with van der Waals surface area (Å²) in [6.07, 6.45) is 3.26. The van der Waals surface area contributed by atoms with E-state index in [1.165, 1.54) is 13.3 Å². The molecule has 5 heteroatoms. The first-order valence-corrected chi connectivity index (χ1v) is 8.26. The minimum absolute atomic E-state index is 0.415. The number of carbonyl (C=O) groups is 1. The molecule has 0 saturated heterocycles. The Labute approximate surface area is 150 Å². The van der Waals surface area contributed by atoms with Gasteiger partial charge in [-0.15, -0.1) is 0 Å². The van der Waals surface area contributed by atoms with Gasteiger partial charge >= 0.3 is 5.97 Å². The average molecular weight is 343 g/mol. The summed E-state index contributed by atoms with van der Waals surface area (Å²) in [5.74, 6) is 0.243. The molecule has 0 aliphatic carbocycles. The number of benzene rings is 2. The van der Waals surface area contributed by atoms with Crippen LogP contribution in [0.15, 0.2) is 60.9 Å². The van der Waals surface area contributed by atoms with E-state index >= 15 is 0 Å². The van der Waals surface area contributed by atoms with Crippen molar-refractivity contribution in [3.8, 4) is 0 Å². The monoisotopic (exact) mass is 343 g/mol.